The molecule has 0 spiro atoms. The Hall–Kier alpha value is 0.350. The van der Waals surface area contributed by atoms with Crippen molar-refractivity contribution in [2.75, 3.05) is 5.75 Å². The number of thioether (sulfide) groups is 1. The highest BCUT2D eigenvalue weighted by Crippen LogP contribution is 2.25. The van der Waals surface area contributed by atoms with E-state index in [9.17, 15) is 0 Å². The van der Waals surface area contributed by atoms with Gasteiger partial charge in [0.05, 0.1) is 0 Å². The minimum Gasteiger partial charge on any atom is -0.159 e. The Balaban J connectivity index is 3.55. The molecule has 0 nitrogen and oxygen atoms in total. The third-order valence-corrected chi connectivity index (χ3v) is 3.98. The summed E-state index contributed by atoms with van der Waals surface area (Å²) < 4.78 is 0. The highest BCUT2D eigenvalue weighted by Gasteiger charge is 2.14. The predicted molar refractivity (Wildman–Crippen MR) is 56.2 cm³/mol. The van der Waals surface area contributed by atoms with Gasteiger partial charge >= 0.3 is 0 Å². The topological polar surface area (TPSA) is 0 Å². The highest BCUT2D eigenvalue weighted by atomic mass is 32.2. The molecule has 0 aromatic heterocycles. The van der Waals surface area contributed by atoms with E-state index >= 15 is 0 Å². The molecule has 0 bridgehead atoms. The summed E-state index contributed by atoms with van der Waals surface area (Å²) in [7, 11) is 0. The van der Waals surface area contributed by atoms with Crippen molar-refractivity contribution in [1.82, 2.24) is 0 Å². The van der Waals surface area contributed by atoms with Crippen LogP contribution >= 0.6 is 11.8 Å². The van der Waals surface area contributed by atoms with Gasteiger partial charge in [0.1, 0.15) is 0 Å². The zero-order valence-electron chi connectivity index (χ0n) is 8.55. The van der Waals surface area contributed by atoms with E-state index in [2.05, 4.69) is 46.4 Å². The van der Waals surface area contributed by atoms with Crippen molar-refractivity contribution in [3.05, 3.63) is 0 Å². The van der Waals surface area contributed by atoms with Crippen molar-refractivity contribution >= 4 is 11.8 Å². The van der Waals surface area contributed by atoms with Crippen molar-refractivity contribution in [3.8, 4) is 0 Å². The van der Waals surface area contributed by atoms with Crippen LogP contribution in [0.1, 0.15) is 41.0 Å². The molecule has 0 saturated carbocycles. The minimum absolute atomic E-state index is 0.828. The van der Waals surface area contributed by atoms with Crippen LogP contribution in [-0.2, 0) is 0 Å². The summed E-state index contributed by atoms with van der Waals surface area (Å²) >= 11 is 2.11. The van der Waals surface area contributed by atoms with Gasteiger partial charge in [-0.1, -0.05) is 34.6 Å². The minimum atomic E-state index is 0.828. The first-order chi connectivity index (χ1) is 5.09. The SMILES string of the molecule is CCCSC(C)C(C)C(C)C. The fraction of sp³-hybridized carbons (Fsp3) is 1.00. The first-order valence-electron chi connectivity index (χ1n) is 4.71. The normalized spacial score (nSPS) is 16.9. The summed E-state index contributed by atoms with van der Waals surface area (Å²) in [5.41, 5.74) is 0. The second kappa shape index (κ2) is 5.93. The van der Waals surface area contributed by atoms with Gasteiger partial charge in [-0.05, 0) is 24.0 Å². The lowest BCUT2D eigenvalue weighted by molar-refractivity contribution is 0.417. The number of hydrogen-bond donors (Lipinski definition) is 0. The first kappa shape index (κ1) is 11.4. The van der Waals surface area contributed by atoms with Crippen LogP contribution in [0.4, 0.5) is 0 Å². The molecule has 0 fully saturated rings. The van der Waals surface area contributed by atoms with Crippen molar-refractivity contribution in [2.45, 2.75) is 46.3 Å². The molecule has 0 aliphatic carbocycles. The van der Waals surface area contributed by atoms with Crippen LogP contribution < -0.4 is 0 Å². The van der Waals surface area contributed by atoms with Crippen molar-refractivity contribution in [3.63, 3.8) is 0 Å². The Morgan fingerprint density at radius 3 is 2.00 bits per heavy atom. The van der Waals surface area contributed by atoms with Crippen molar-refractivity contribution in [2.24, 2.45) is 11.8 Å². The Morgan fingerprint density at radius 2 is 1.64 bits per heavy atom. The molecule has 0 saturated heterocycles. The van der Waals surface area contributed by atoms with Gasteiger partial charge in [-0.15, -0.1) is 0 Å². The standard InChI is InChI=1S/C10H22S/c1-6-7-11-10(5)9(4)8(2)3/h8-10H,6-7H2,1-5H3. The molecule has 0 heterocycles. The zero-order chi connectivity index (χ0) is 8.85. The molecule has 0 rings (SSSR count). The Labute approximate surface area is 76.1 Å². The number of hydrogen-bond acceptors (Lipinski definition) is 1. The largest absolute Gasteiger partial charge is 0.159 e. The highest BCUT2D eigenvalue weighted by molar-refractivity contribution is 7.99. The first-order valence-corrected chi connectivity index (χ1v) is 5.76. The van der Waals surface area contributed by atoms with Crippen LogP contribution in [0.25, 0.3) is 0 Å². The lowest BCUT2D eigenvalue weighted by Crippen LogP contribution is -2.16. The maximum absolute atomic E-state index is 2.36. The van der Waals surface area contributed by atoms with Gasteiger partial charge < -0.3 is 0 Å². The average molecular weight is 174 g/mol. The van der Waals surface area contributed by atoms with Crippen molar-refractivity contribution < 1.29 is 0 Å². The molecular weight excluding hydrogens is 152 g/mol. The quantitative estimate of drug-likeness (QED) is 0.611. The maximum Gasteiger partial charge on any atom is 0.00467 e. The molecule has 0 N–H and O–H groups in total. The van der Waals surface area contributed by atoms with Gasteiger partial charge in [-0.3, -0.25) is 0 Å². The van der Waals surface area contributed by atoms with Crippen LogP contribution in [0, 0.1) is 11.8 Å². The predicted octanol–water partition coefficient (Wildman–Crippen LogP) is 3.81. The van der Waals surface area contributed by atoms with Gasteiger partial charge in [-0.2, -0.15) is 11.8 Å². The summed E-state index contributed by atoms with van der Waals surface area (Å²) in [6.07, 6.45) is 1.31. The molecule has 1 heteroatoms. The summed E-state index contributed by atoms with van der Waals surface area (Å²) in [6, 6.07) is 0. The molecule has 0 aliphatic rings. The molecule has 0 amide bonds. The van der Waals surface area contributed by atoms with Gasteiger partial charge in [0, 0.05) is 5.25 Å². The van der Waals surface area contributed by atoms with E-state index < -0.39 is 0 Å². The average Bonchev–Trinajstić information content (AvgIpc) is 1.98. The van der Waals surface area contributed by atoms with E-state index in [0.29, 0.717) is 0 Å². The monoisotopic (exact) mass is 174 g/mol. The third kappa shape index (κ3) is 4.73. The molecular formula is C10H22S. The van der Waals surface area contributed by atoms with Crippen LogP contribution in [0.5, 0.6) is 0 Å². The second-order valence-corrected chi connectivity index (χ2v) is 5.16. The van der Waals surface area contributed by atoms with Crippen LogP contribution in [0.2, 0.25) is 0 Å². The fourth-order valence-corrected chi connectivity index (χ4v) is 2.22. The van der Waals surface area contributed by atoms with Crippen LogP contribution in [0.15, 0.2) is 0 Å². The summed E-state index contributed by atoms with van der Waals surface area (Å²) in [5, 5.41) is 0.829. The van der Waals surface area contributed by atoms with Gasteiger partial charge in [-0.25, -0.2) is 0 Å². The van der Waals surface area contributed by atoms with E-state index in [4.69, 9.17) is 0 Å². The summed E-state index contributed by atoms with van der Waals surface area (Å²) in [6.45, 7) is 11.6. The molecule has 68 valence electrons. The molecule has 2 unspecified atom stereocenters. The second-order valence-electron chi connectivity index (χ2n) is 3.68. The molecule has 11 heavy (non-hydrogen) atoms. The Kier molecular flexibility index (Phi) is 6.12. The Bertz CT molecular complexity index is 88.9. The smallest absolute Gasteiger partial charge is 0.00467 e. The molecule has 0 radical (unpaired) electrons. The van der Waals surface area contributed by atoms with E-state index in [0.717, 1.165) is 17.1 Å². The lowest BCUT2D eigenvalue weighted by Gasteiger charge is -2.22. The van der Waals surface area contributed by atoms with Crippen LogP contribution in [-0.4, -0.2) is 11.0 Å². The zero-order valence-corrected chi connectivity index (χ0v) is 9.37. The molecule has 0 aliphatic heterocycles. The maximum atomic E-state index is 2.36. The van der Waals surface area contributed by atoms with Gasteiger partial charge in [0.2, 0.25) is 0 Å². The molecule has 0 aromatic carbocycles. The van der Waals surface area contributed by atoms with E-state index in [1.165, 1.54) is 12.2 Å². The van der Waals surface area contributed by atoms with Crippen molar-refractivity contribution in [1.29, 1.82) is 0 Å². The number of rotatable bonds is 5. The third-order valence-electron chi connectivity index (χ3n) is 2.38. The Morgan fingerprint density at radius 1 is 1.09 bits per heavy atom. The van der Waals surface area contributed by atoms with E-state index in [-0.39, 0.29) is 0 Å². The lowest BCUT2D eigenvalue weighted by atomic mass is 9.95. The van der Waals surface area contributed by atoms with Gasteiger partial charge in [0.15, 0.2) is 0 Å². The van der Waals surface area contributed by atoms with Gasteiger partial charge in [0.25, 0.3) is 0 Å². The van der Waals surface area contributed by atoms with E-state index in [1.807, 2.05) is 0 Å². The summed E-state index contributed by atoms with van der Waals surface area (Å²) in [5.74, 6) is 3.00. The molecule has 2 atom stereocenters. The van der Waals surface area contributed by atoms with E-state index in [1.54, 1.807) is 0 Å². The molecule has 0 aromatic rings. The van der Waals surface area contributed by atoms with Crippen LogP contribution in [0.3, 0.4) is 0 Å². The fourth-order valence-electron chi connectivity index (χ4n) is 0.998. The summed E-state index contributed by atoms with van der Waals surface area (Å²) in [4.78, 5) is 0.